The molecule has 1 aromatic heterocycles. The van der Waals surface area contributed by atoms with E-state index in [1.54, 1.807) is 0 Å². The molecule has 6 nitrogen and oxygen atoms in total. The number of benzene rings is 1. The van der Waals surface area contributed by atoms with Gasteiger partial charge in [-0.05, 0) is 44.0 Å². The summed E-state index contributed by atoms with van der Waals surface area (Å²) < 4.78 is 5.76. The summed E-state index contributed by atoms with van der Waals surface area (Å²) in [4.78, 5) is 12.0. The van der Waals surface area contributed by atoms with E-state index in [1.165, 1.54) is 0 Å². The number of piperidine rings is 1. The van der Waals surface area contributed by atoms with E-state index in [-0.39, 0.29) is 11.8 Å². The second-order valence-corrected chi connectivity index (χ2v) is 6.12. The SMILES string of the molecule is Cc1[nH]ncc1-c1cccc(OCCNC(=O)[C@H]2CCCNC2)c1. The van der Waals surface area contributed by atoms with E-state index in [0.29, 0.717) is 13.2 Å². The minimum atomic E-state index is 0.0890. The zero-order valence-corrected chi connectivity index (χ0v) is 14.0. The Morgan fingerprint density at radius 2 is 2.38 bits per heavy atom. The molecule has 1 aliphatic heterocycles. The number of ether oxygens (including phenoxy) is 1. The first-order valence-electron chi connectivity index (χ1n) is 8.45. The van der Waals surface area contributed by atoms with Gasteiger partial charge in [0.15, 0.2) is 0 Å². The topological polar surface area (TPSA) is 79.0 Å². The van der Waals surface area contributed by atoms with Gasteiger partial charge in [-0.3, -0.25) is 9.89 Å². The van der Waals surface area contributed by atoms with Crippen molar-refractivity contribution in [2.45, 2.75) is 19.8 Å². The van der Waals surface area contributed by atoms with Crippen molar-refractivity contribution in [2.75, 3.05) is 26.2 Å². The van der Waals surface area contributed by atoms with Crippen molar-refractivity contribution in [3.8, 4) is 16.9 Å². The molecule has 128 valence electrons. The van der Waals surface area contributed by atoms with Crippen LogP contribution in [-0.2, 0) is 4.79 Å². The van der Waals surface area contributed by atoms with E-state index in [9.17, 15) is 4.79 Å². The van der Waals surface area contributed by atoms with Gasteiger partial charge in [0, 0.05) is 17.8 Å². The molecular formula is C18H24N4O2. The Labute approximate surface area is 142 Å². The number of carbonyl (C=O) groups excluding carboxylic acids is 1. The average molecular weight is 328 g/mol. The maximum absolute atomic E-state index is 12.0. The predicted molar refractivity (Wildman–Crippen MR) is 92.9 cm³/mol. The maximum Gasteiger partial charge on any atom is 0.224 e. The number of amides is 1. The van der Waals surface area contributed by atoms with Gasteiger partial charge in [0.05, 0.1) is 18.7 Å². The number of rotatable bonds is 6. The van der Waals surface area contributed by atoms with Gasteiger partial charge in [-0.2, -0.15) is 5.10 Å². The number of aromatic amines is 1. The van der Waals surface area contributed by atoms with Crippen LogP contribution in [0.3, 0.4) is 0 Å². The lowest BCUT2D eigenvalue weighted by Gasteiger charge is -2.21. The summed E-state index contributed by atoms with van der Waals surface area (Å²) in [5, 5.41) is 13.2. The number of aromatic nitrogens is 2. The number of carbonyl (C=O) groups is 1. The summed E-state index contributed by atoms with van der Waals surface area (Å²) in [6.07, 6.45) is 3.84. The highest BCUT2D eigenvalue weighted by Crippen LogP contribution is 2.25. The smallest absolute Gasteiger partial charge is 0.224 e. The van der Waals surface area contributed by atoms with Crippen LogP contribution >= 0.6 is 0 Å². The molecule has 0 aliphatic carbocycles. The van der Waals surface area contributed by atoms with E-state index in [2.05, 4.69) is 20.8 Å². The maximum atomic E-state index is 12.0. The number of nitrogens with one attached hydrogen (secondary N) is 3. The van der Waals surface area contributed by atoms with E-state index < -0.39 is 0 Å². The summed E-state index contributed by atoms with van der Waals surface area (Å²) in [7, 11) is 0. The zero-order valence-electron chi connectivity index (χ0n) is 14.0. The fourth-order valence-corrected chi connectivity index (χ4v) is 2.96. The lowest BCUT2D eigenvalue weighted by Crippen LogP contribution is -2.41. The molecule has 3 N–H and O–H groups in total. The van der Waals surface area contributed by atoms with E-state index >= 15 is 0 Å². The van der Waals surface area contributed by atoms with E-state index in [1.807, 2.05) is 37.4 Å². The summed E-state index contributed by atoms with van der Waals surface area (Å²) >= 11 is 0. The Kier molecular flexibility index (Phi) is 5.48. The molecule has 6 heteroatoms. The number of hydrogen-bond acceptors (Lipinski definition) is 4. The van der Waals surface area contributed by atoms with Crippen LogP contribution in [0.4, 0.5) is 0 Å². The molecule has 1 aliphatic rings. The average Bonchev–Trinajstić information content (AvgIpc) is 3.05. The lowest BCUT2D eigenvalue weighted by molar-refractivity contribution is -0.125. The van der Waals surface area contributed by atoms with Crippen molar-refractivity contribution in [1.82, 2.24) is 20.8 Å². The van der Waals surface area contributed by atoms with Crippen LogP contribution in [0.1, 0.15) is 18.5 Å². The summed E-state index contributed by atoms with van der Waals surface area (Å²) in [6.45, 7) is 4.76. The molecule has 24 heavy (non-hydrogen) atoms. The van der Waals surface area contributed by atoms with Crippen molar-refractivity contribution in [2.24, 2.45) is 5.92 Å². The van der Waals surface area contributed by atoms with Crippen LogP contribution in [0.2, 0.25) is 0 Å². The molecule has 1 aromatic carbocycles. The van der Waals surface area contributed by atoms with Crippen LogP contribution in [0.5, 0.6) is 5.75 Å². The third-order valence-electron chi connectivity index (χ3n) is 4.31. The fourth-order valence-electron chi connectivity index (χ4n) is 2.96. The Hall–Kier alpha value is -2.34. The second-order valence-electron chi connectivity index (χ2n) is 6.12. The fraction of sp³-hybridized carbons (Fsp3) is 0.444. The molecule has 0 unspecified atom stereocenters. The number of nitrogens with zero attached hydrogens (tertiary/aromatic N) is 1. The highest BCUT2D eigenvalue weighted by atomic mass is 16.5. The summed E-state index contributed by atoms with van der Waals surface area (Å²) in [5.41, 5.74) is 3.16. The summed E-state index contributed by atoms with van der Waals surface area (Å²) in [6, 6.07) is 7.91. The van der Waals surface area contributed by atoms with Crippen LogP contribution in [0.25, 0.3) is 11.1 Å². The largest absolute Gasteiger partial charge is 0.492 e. The van der Waals surface area contributed by atoms with Gasteiger partial charge in [0.2, 0.25) is 5.91 Å². The third-order valence-corrected chi connectivity index (χ3v) is 4.31. The Morgan fingerprint density at radius 1 is 1.46 bits per heavy atom. The van der Waals surface area contributed by atoms with E-state index in [4.69, 9.17) is 4.74 Å². The molecule has 2 heterocycles. The number of H-pyrrole nitrogens is 1. The number of hydrogen-bond donors (Lipinski definition) is 3. The zero-order chi connectivity index (χ0) is 16.8. The number of aryl methyl sites for hydroxylation is 1. The van der Waals surface area contributed by atoms with Crippen molar-refractivity contribution in [3.63, 3.8) is 0 Å². The minimum absolute atomic E-state index is 0.0890. The van der Waals surface area contributed by atoms with Crippen LogP contribution in [-0.4, -0.2) is 42.3 Å². The Balaban J connectivity index is 1.47. The molecule has 1 fully saturated rings. The highest BCUT2D eigenvalue weighted by molar-refractivity contribution is 5.78. The van der Waals surface area contributed by atoms with Gasteiger partial charge in [0.25, 0.3) is 0 Å². The van der Waals surface area contributed by atoms with Gasteiger partial charge in [-0.15, -0.1) is 0 Å². The first-order valence-corrected chi connectivity index (χ1v) is 8.45. The van der Waals surface area contributed by atoms with Crippen molar-refractivity contribution < 1.29 is 9.53 Å². The van der Waals surface area contributed by atoms with E-state index in [0.717, 1.165) is 48.5 Å². The quantitative estimate of drug-likeness (QED) is 0.708. The second kappa shape index (κ2) is 7.97. The molecule has 1 atom stereocenters. The molecule has 3 rings (SSSR count). The molecule has 0 spiro atoms. The normalized spacial score (nSPS) is 17.5. The standard InChI is InChI=1S/C18H24N4O2/c1-13-17(12-21-22-13)14-4-2-6-16(10-14)24-9-8-20-18(23)15-5-3-7-19-11-15/h2,4,6,10,12,15,19H,3,5,7-9,11H2,1H3,(H,20,23)(H,21,22)/t15-/m0/s1. The lowest BCUT2D eigenvalue weighted by atomic mass is 9.99. The van der Waals surface area contributed by atoms with Crippen molar-refractivity contribution >= 4 is 5.91 Å². The van der Waals surface area contributed by atoms with Crippen LogP contribution in [0.15, 0.2) is 30.5 Å². The van der Waals surface area contributed by atoms with Crippen LogP contribution in [0, 0.1) is 12.8 Å². The molecule has 0 saturated carbocycles. The molecular weight excluding hydrogens is 304 g/mol. The minimum Gasteiger partial charge on any atom is -0.492 e. The molecule has 0 radical (unpaired) electrons. The summed E-state index contributed by atoms with van der Waals surface area (Å²) in [5.74, 6) is 1.00. The van der Waals surface area contributed by atoms with Gasteiger partial charge in [0.1, 0.15) is 12.4 Å². The molecule has 1 saturated heterocycles. The Morgan fingerprint density at radius 3 is 3.12 bits per heavy atom. The molecule has 2 aromatic rings. The van der Waals surface area contributed by atoms with Crippen molar-refractivity contribution in [1.29, 1.82) is 0 Å². The highest BCUT2D eigenvalue weighted by Gasteiger charge is 2.20. The Bertz CT molecular complexity index is 677. The predicted octanol–water partition coefficient (Wildman–Crippen LogP) is 1.88. The first kappa shape index (κ1) is 16.5. The van der Waals surface area contributed by atoms with Crippen molar-refractivity contribution in [3.05, 3.63) is 36.2 Å². The van der Waals surface area contributed by atoms with Gasteiger partial charge in [-0.25, -0.2) is 0 Å². The monoisotopic (exact) mass is 328 g/mol. The first-order chi connectivity index (χ1) is 11.7. The van der Waals surface area contributed by atoms with Gasteiger partial charge < -0.3 is 15.4 Å². The molecule has 0 bridgehead atoms. The van der Waals surface area contributed by atoms with Crippen LogP contribution < -0.4 is 15.4 Å². The third kappa shape index (κ3) is 4.14. The van der Waals surface area contributed by atoms with Gasteiger partial charge in [-0.1, -0.05) is 12.1 Å². The van der Waals surface area contributed by atoms with Gasteiger partial charge >= 0.3 is 0 Å². The molecule has 1 amide bonds.